The molecule has 1 unspecified atom stereocenters. The van der Waals surface area contributed by atoms with Gasteiger partial charge in [0.05, 0.1) is 12.6 Å². The van der Waals surface area contributed by atoms with E-state index in [1.54, 1.807) is 23.4 Å². The molecule has 0 bridgehead atoms. The van der Waals surface area contributed by atoms with Crippen molar-refractivity contribution in [2.75, 3.05) is 13.6 Å². The summed E-state index contributed by atoms with van der Waals surface area (Å²) < 4.78 is 0. The number of likely N-dealkylation sites (N-methyl/N-ethyl adjacent to an activating group) is 1. The lowest BCUT2D eigenvalue weighted by molar-refractivity contribution is 0.0945. The number of hydrogen-bond acceptors (Lipinski definition) is 4. The SMILES string of the molecule is CN1CC(NC(=O)c2ccc(O)cc2)C=N1. The van der Waals surface area contributed by atoms with E-state index in [0.717, 1.165) is 0 Å². The smallest absolute Gasteiger partial charge is 0.251 e. The molecule has 1 aliphatic rings. The summed E-state index contributed by atoms with van der Waals surface area (Å²) in [5.74, 6) is -0.00883. The monoisotopic (exact) mass is 219 g/mol. The first-order valence-electron chi connectivity index (χ1n) is 5.00. The maximum atomic E-state index is 11.7. The Labute approximate surface area is 93.4 Å². The Morgan fingerprint density at radius 1 is 1.50 bits per heavy atom. The molecular weight excluding hydrogens is 206 g/mol. The van der Waals surface area contributed by atoms with Crippen LogP contribution in [0.4, 0.5) is 0 Å². The van der Waals surface area contributed by atoms with Crippen molar-refractivity contribution in [1.82, 2.24) is 10.3 Å². The molecule has 0 spiro atoms. The second-order valence-corrected chi connectivity index (χ2v) is 3.73. The maximum absolute atomic E-state index is 11.7. The molecular formula is C11H13N3O2. The van der Waals surface area contributed by atoms with Crippen LogP contribution in [0.15, 0.2) is 29.4 Å². The van der Waals surface area contributed by atoms with Crippen LogP contribution in [0.2, 0.25) is 0 Å². The summed E-state index contributed by atoms with van der Waals surface area (Å²) >= 11 is 0. The highest BCUT2D eigenvalue weighted by Gasteiger charge is 2.17. The van der Waals surface area contributed by atoms with Gasteiger partial charge in [0.2, 0.25) is 0 Å². The minimum atomic E-state index is -0.160. The lowest BCUT2D eigenvalue weighted by atomic mass is 10.2. The first-order chi connectivity index (χ1) is 7.65. The Kier molecular flexibility index (Phi) is 2.76. The quantitative estimate of drug-likeness (QED) is 0.757. The lowest BCUT2D eigenvalue weighted by Gasteiger charge is -2.11. The van der Waals surface area contributed by atoms with Crippen LogP contribution < -0.4 is 5.32 Å². The second kappa shape index (κ2) is 4.22. The summed E-state index contributed by atoms with van der Waals surface area (Å²) in [4.78, 5) is 11.7. The van der Waals surface area contributed by atoms with Gasteiger partial charge < -0.3 is 10.4 Å². The molecule has 0 saturated carbocycles. The molecule has 0 aliphatic carbocycles. The van der Waals surface area contributed by atoms with Crippen LogP contribution in [0, 0.1) is 0 Å². The van der Waals surface area contributed by atoms with Crippen molar-refractivity contribution in [1.29, 1.82) is 0 Å². The van der Waals surface area contributed by atoms with E-state index in [0.29, 0.717) is 12.1 Å². The predicted octanol–water partition coefficient (Wildman–Crippen LogP) is 0.422. The summed E-state index contributed by atoms with van der Waals surface area (Å²) in [6.45, 7) is 0.684. The largest absolute Gasteiger partial charge is 0.508 e. The van der Waals surface area contributed by atoms with E-state index in [9.17, 15) is 4.79 Å². The predicted molar refractivity (Wildman–Crippen MR) is 60.5 cm³/mol. The van der Waals surface area contributed by atoms with Crippen LogP contribution in [0.1, 0.15) is 10.4 Å². The zero-order valence-electron chi connectivity index (χ0n) is 8.92. The Morgan fingerprint density at radius 3 is 2.75 bits per heavy atom. The van der Waals surface area contributed by atoms with Crippen molar-refractivity contribution in [2.24, 2.45) is 5.10 Å². The number of nitrogens with zero attached hydrogens (tertiary/aromatic N) is 2. The van der Waals surface area contributed by atoms with Crippen LogP contribution in [0.25, 0.3) is 0 Å². The van der Waals surface area contributed by atoms with E-state index in [-0.39, 0.29) is 17.7 Å². The fraction of sp³-hybridized carbons (Fsp3) is 0.273. The third-order valence-corrected chi connectivity index (χ3v) is 2.35. The van der Waals surface area contributed by atoms with Crippen molar-refractivity contribution < 1.29 is 9.90 Å². The van der Waals surface area contributed by atoms with E-state index in [1.807, 2.05) is 7.05 Å². The zero-order chi connectivity index (χ0) is 11.5. The Hall–Kier alpha value is -2.04. The number of phenols is 1. The minimum Gasteiger partial charge on any atom is -0.508 e. The molecule has 1 aromatic rings. The molecule has 1 heterocycles. The van der Waals surface area contributed by atoms with E-state index in [1.165, 1.54) is 12.1 Å². The Morgan fingerprint density at radius 2 is 2.19 bits per heavy atom. The molecule has 1 amide bonds. The van der Waals surface area contributed by atoms with Gasteiger partial charge in [0.15, 0.2) is 0 Å². The molecule has 1 atom stereocenters. The maximum Gasteiger partial charge on any atom is 0.251 e. The molecule has 16 heavy (non-hydrogen) atoms. The highest BCUT2D eigenvalue weighted by Crippen LogP contribution is 2.09. The van der Waals surface area contributed by atoms with Crippen molar-refractivity contribution in [3.05, 3.63) is 29.8 Å². The number of carbonyl (C=O) groups is 1. The summed E-state index contributed by atoms with van der Waals surface area (Å²) in [7, 11) is 1.85. The molecule has 84 valence electrons. The van der Waals surface area contributed by atoms with Gasteiger partial charge in [0, 0.05) is 18.8 Å². The number of hydrogen-bond donors (Lipinski definition) is 2. The third kappa shape index (κ3) is 2.31. The first kappa shape index (κ1) is 10.5. The number of aromatic hydroxyl groups is 1. The van der Waals surface area contributed by atoms with Gasteiger partial charge in [0.25, 0.3) is 5.91 Å². The van der Waals surface area contributed by atoms with Crippen LogP contribution >= 0.6 is 0 Å². The van der Waals surface area contributed by atoms with Gasteiger partial charge in [-0.2, -0.15) is 5.10 Å². The van der Waals surface area contributed by atoms with Gasteiger partial charge in [-0.05, 0) is 24.3 Å². The fourth-order valence-electron chi connectivity index (χ4n) is 1.52. The minimum absolute atomic E-state index is 0.0497. The highest BCUT2D eigenvalue weighted by atomic mass is 16.3. The van der Waals surface area contributed by atoms with Gasteiger partial charge in [-0.25, -0.2) is 0 Å². The van der Waals surface area contributed by atoms with Crippen molar-refractivity contribution >= 4 is 12.1 Å². The number of carbonyl (C=O) groups excluding carboxylic acids is 1. The molecule has 5 nitrogen and oxygen atoms in total. The molecule has 0 radical (unpaired) electrons. The van der Waals surface area contributed by atoms with E-state index < -0.39 is 0 Å². The van der Waals surface area contributed by atoms with Gasteiger partial charge >= 0.3 is 0 Å². The van der Waals surface area contributed by atoms with Crippen LogP contribution in [0.3, 0.4) is 0 Å². The molecule has 2 rings (SSSR count). The summed E-state index contributed by atoms with van der Waals surface area (Å²) in [6.07, 6.45) is 1.71. The average molecular weight is 219 g/mol. The molecule has 0 fully saturated rings. The van der Waals surface area contributed by atoms with Crippen molar-refractivity contribution in [2.45, 2.75) is 6.04 Å². The normalized spacial score (nSPS) is 18.8. The Bertz CT molecular complexity index is 414. The second-order valence-electron chi connectivity index (χ2n) is 3.73. The summed E-state index contributed by atoms with van der Waals surface area (Å²) in [5, 5.41) is 17.7. The molecule has 0 aromatic heterocycles. The number of rotatable bonds is 2. The zero-order valence-corrected chi connectivity index (χ0v) is 8.92. The molecule has 1 aliphatic heterocycles. The molecule has 0 saturated heterocycles. The van der Waals surface area contributed by atoms with Crippen molar-refractivity contribution in [3.63, 3.8) is 0 Å². The van der Waals surface area contributed by atoms with Gasteiger partial charge in [-0.3, -0.25) is 9.80 Å². The standard InChI is InChI=1S/C11H13N3O2/c1-14-7-9(6-12-14)13-11(16)8-2-4-10(15)5-3-8/h2-6,9,15H,7H2,1H3,(H,13,16). The van der Waals surface area contributed by atoms with Crippen LogP contribution in [-0.2, 0) is 0 Å². The van der Waals surface area contributed by atoms with E-state index in [4.69, 9.17) is 5.11 Å². The first-order valence-corrected chi connectivity index (χ1v) is 5.00. The number of amides is 1. The van der Waals surface area contributed by atoms with Gasteiger partial charge in [-0.1, -0.05) is 0 Å². The number of nitrogens with one attached hydrogen (secondary N) is 1. The number of hydrazone groups is 1. The van der Waals surface area contributed by atoms with Crippen LogP contribution in [-0.4, -0.2) is 41.9 Å². The lowest BCUT2D eigenvalue weighted by Crippen LogP contribution is -2.38. The van der Waals surface area contributed by atoms with E-state index >= 15 is 0 Å². The van der Waals surface area contributed by atoms with Crippen LogP contribution in [0.5, 0.6) is 5.75 Å². The summed E-state index contributed by atoms with van der Waals surface area (Å²) in [5.41, 5.74) is 0.528. The third-order valence-electron chi connectivity index (χ3n) is 2.35. The van der Waals surface area contributed by atoms with Gasteiger partial charge in [-0.15, -0.1) is 0 Å². The fourth-order valence-corrected chi connectivity index (χ4v) is 1.52. The number of benzene rings is 1. The molecule has 5 heteroatoms. The molecule has 1 aromatic carbocycles. The highest BCUT2D eigenvalue weighted by molar-refractivity contribution is 5.96. The topological polar surface area (TPSA) is 64.9 Å². The Balaban J connectivity index is 1.98. The summed E-state index contributed by atoms with van der Waals surface area (Å²) in [6, 6.07) is 6.10. The number of phenolic OH excluding ortho intramolecular Hbond substituents is 1. The van der Waals surface area contributed by atoms with E-state index in [2.05, 4.69) is 10.4 Å². The van der Waals surface area contributed by atoms with Crippen molar-refractivity contribution in [3.8, 4) is 5.75 Å². The average Bonchev–Trinajstić information content (AvgIpc) is 2.65. The molecule has 2 N–H and O–H groups in total. The van der Waals surface area contributed by atoms with Gasteiger partial charge in [0.1, 0.15) is 5.75 Å².